The predicted octanol–water partition coefficient (Wildman–Crippen LogP) is 4.37. The van der Waals surface area contributed by atoms with Gasteiger partial charge >= 0.3 is 0 Å². The van der Waals surface area contributed by atoms with Crippen LogP contribution in [-0.2, 0) is 12.8 Å². The van der Waals surface area contributed by atoms with Gasteiger partial charge in [-0.25, -0.2) is 0 Å². The van der Waals surface area contributed by atoms with E-state index >= 15 is 0 Å². The van der Waals surface area contributed by atoms with Gasteiger partial charge in [0.1, 0.15) is 11.5 Å². The lowest BCUT2D eigenvalue weighted by molar-refractivity contribution is 0.458. The van der Waals surface area contributed by atoms with Crippen molar-refractivity contribution in [3.63, 3.8) is 0 Å². The summed E-state index contributed by atoms with van der Waals surface area (Å²) in [5.74, 6) is 0.546. The second-order valence-corrected chi connectivity index (χ2v) is 5.36. The Balaban J connectivity index is 2.47. The second kappa shape index (κ2) is 6.02. The van der Waals surface area contributed by atoms with Crippen LogP contribution in [0.4, 0.5) is 0 Å². The van der Waals surface area contributed by atoms with Gasteiger partial charge in [-0.2, -0.15) is 0 Å². The van der Waals surface area contributed by atoms with Crippen molar-refractivity contribution < 1.29 is 10.2 Å². The van der Waals surface area contributed by atoms with E-state index in [1.54, 1.807) is 12.1 Å². The van der Waals surface area contributed by atoms with Crippen LogP contribution in [0.5, 0.6) is 11.5 Å². The van der Waals surface area contributed by atoms with E-state index in [2.05, 4.69) is 13.8 Å². The normalized spacial score (nSPS) is 10.6. The minimum absolute atomic E-state index is 0.273. The Morgan fingerprint density at radius 3 is 1.58 bits per heavy atom. The topological polar surface area (TPSA) is 40.5 Å². The summed E-state index contributed by atoms with van der Waals surface area (Å²) in [6.07, 6.45) is 1.71. The molecule has 0 radical (unpaired) electrons. The standard InChI is InChI=1S/C16H18O2S/c1-3-11-7-5-9-13(17)15(11)19-16-12(4-2)8-6-10-14(16)18/h5-10,17-18H,3-4H2,1-2H3. The largest absolute Gasteiger partial charge is 0.507 e. The molecule has 0 aromatic heterocycles. The minimum atomic E-state index is 0.273. The number of hydrogen-bond donors (Lipinski definition) is 2. The van der Waals surface area contributed by atoms with E-state index in [-0.39, 0.29) is 11.5 Å². The van der Waals surface area contributed by atoms with Gasteiger partial charge in [0, 0.05) is 0 Å². The quantitative estimate of drug-likeness (QED) is 0.869. The molecule has 2 N–H and O–H groups in total. The fourth-order valence-electron chi connectivity index (χ4n) is 2.04. The molecule has 0 unspecified atom stereocenters. The highest BCUT2D eigenvalue weighted by Gasteiger charge is 2.13. The Hall–Kier alpha value is -1.61. The molecule has 0 amide bonds. The Labute approximate surface area is 118 Å². The molecule has 0 bridgehead atoms. The fraction of sp³-hybridized carbons (Fsp3) is 0.250. The number of rotatable bonds is 4. The number of aromatic hydroxyl groups is 2. The average Bonchev–Trinajstić information content (AvgIpc) is 2.42. The van der Waals surface area contributed by atoms with Crippen molar-refractivity contribution in [1.29, 1.82) is 0 Å². The van der Waals surface area contributed by atoms with Gasteiger partial charge < -0.3 is 10.2 Å². The van der Waals surface area contributed by atoms with Crippen LogP contribution in [0.3, 0.4) is 0 Å². The second-order valence-electron chi connectivity index (χ2n) is 4.34. The third-order valence-corrected chi connectivity index (χ3v) is 4.47. The Kier molecular flexibility index (Phi) is 4.38. The van der Waals surface area contributed by atoms with Crippen LogP contribution in [0, 0.1) is 0 Å². The molecule has 2 aromatic rings. The lowest BCUT2D eigenvalue weighted by Crippen LogP contribution is -1.89. The molecule has 2 nitrogen and oxygen atoms in total. The van der Waals surface area contributed by atoms with Crippen LogP contribution >= 0.6 is 11.8 Å². The highest BCUT2D eigenvalue weighted by molar-refractivity contribution is 7.99. The maximum atomic E-state index is 10.0. The molecule has 0 heterocycles. The van der Waals surface area contributed by atoms with Crippen LogP contribution in [0.15, 0.2) is 46.2 Å². The average molecular weight is 274 g/mol. The molecule has 100 valence electrons. The van der Waals surface area contributed by atoms with Crippen molar-refractivity contribution in [3.8, 4) is 11.5 Å². The molecule has 0 aliphatic heterocycles. The highest BCUT2D eigenvalue weighted by atomic mass is 32.2. The number of hydrogen-bond acceptors (Lipinski definition) is 3. The van der Waals surface area contributed by atoms with E-state index in [1.807, 2.05) is 24.3 Å². The molecule has 3 heteroatoms. The fourth-order valence-corrected chi connectivity index (χ4v) is 3.27. The zero-order valence-electron chi connectivity index (χ0n) is 11.2. The third kappa shape index (κ3) is 2.87. The van der Waals surface area contributed by atoms with E-state index in [9.17, 15) is 10.2 Å². The van der Waals surface area contributed by atoms with E-state index < -0.39 is 0 Å². The highest BCUT2D eigenvalue weighted by Crippen LogP contribution is 2.42. The summed E-state index contributed by atoms with van der Waals surface area (Å²) in [5, 5.41) is 20.1. The molecule has 0 aliphatic carbocycles. The van der Waals surface area contributed by atoms with E-state index in [0.717, 1.165) is 33.8 Å². The molecule has 0 saturated carbocycles. The zero-order chi connectivity index (χ0) is 13.8. The maximum Gasteiger partial charge on any atom is 0.129 e. The molecular weight excluding hydrogens is 256 g/mol. The summed E-state index contributed by atoms with van der Waals surface area (Å²) >= 11 is 1.44. The Morgan fingerprint density at radius 1 is 0.789 bits per heavy atom. The van der Waals surface area contributed by atoms with E-state index in [0.29, 0.717) is 0 Å². The van der Waals surface area contributed by atoms with E-state index in [1.165, 1.54) is 11.8 Å². The van der Waals surface area contributed by atoms with Gasteiger partial charge in [0.05, 0.1) is 9.79 Å². The van der Waals surface area contributed by atoms with Crippen LogP contribution in [-0.4, -0.2) is 10.2 Å². The monoisotopic (exact) mass is 274 g/mol. The van der Waals surface area contributed by atoms with Crippen molar-refractivity contribution in [3.05, 3.63) is 47.5 Å². The molecule has 0 aliphatic rings. The molecule has 2 rings (SSSR count). The van der Waals surface area contributed by atoms with Crippen molar-refractivity contribution in [2.75, 3.05) is 0 Å². The van der Waals surface area contributed by atoms with Gasteiger partial charge in [0.25, 0.3) is 0 Å². The summed E-state index contributed by atoms with van der Waals surface area (Å²) in [5.41, 5.74) is 2.19. The van der Waals surface area contributed by atoms with Crippen LogP contribution in [0.1, 0.15) is 25.0 Å². The lowest BCUT2D eigenvalue weighted by Gasteiger charge is -2.13. The molecule has 19 heavy (non-hydrogen) atoms. The number of aryl methyl sites for hydroxylation is 2. The van der Waals surface area contributed by atoms with Crippen molar-refractivity contribution >= 4 is 11.8 Å². The summed E-state index contributed by atoms with van der Waals surface area (Å²) in [4.78, 5) is 1.67. The van der Waals surface area contributed by atoms with Crippen molar-refractivity contribution in [1.82, 2.24) is 0 Å². The summed E-state index contributed by atoms with van der Waals surface area (Å²) < 4.78 is 0. The molecule has 0 spiro atoms. The molecule has 0 atom stereocenters. The van der Waals surface area contributed by atoms with Gasteiger partial charge in [-0.3, -0.25) is 0 Å². The van der Waals surface area contributed by atoms with Crippen molar-refractivity contribution in [2.24, 2.45) is 0 Å². The van der Waals surface area contributed by atoms with Gasteiger partial charge in [-0.15, -0.1) is 0 Å². The molecule has 0 saturated heterocycles. The SMILES string of the molecule is CCc1cccc(O)c1Sc1c(O)cccc1CC. The first kappa shape index (κ1) is 13.8. The molecule has 2 aromatic carbocycles. The minimum Gasteiger partial charge on any atom is -0.507 e. The van der Waals surface area contributed by atoms with Gasteiger partial charge in [-0.05, 0) is 36.1 Å². The molecular formula is C16H18O2S. The van der Waals surface area contributed by atoms with Crippen LogP contribution < -0.4 is 0 Å². The van der Waals surface area contributed by atoms with Crippen LogP contribution in [0.25, 0.3) is 0 Å². The van der Waals surface area contributed by atoms with E-state index in [4.69, 9.17) is 0 Å². The smallest absolute Gasteiger partial charge is 0.129 e. The predicted molar refractivity (Wildman–Crippen MR) is 79.1 cm³/mol. The van der Waals surface area contributed by atoms with Gasteiger partial charge in [0.2, 0.25) is 0 Å². The summed E-state index contributed by atoms with van der Waals surface area (Å²) in [6, 6.07) is 11.1. The lowest BCUT2D eigenvalue weighted by atomic mass is 10.1. The molecule has 0 fully saturated rings. The third-order valence-electron chi connectivity index (χ3n) is 3.12. The summed E-state index contributed by atoms with van der Waals surface area (Å²) in [7, 11) is 0. The number of phenolic OH excluding ortho intramolecular Hbond substituents is 2. The number of benzene rings is 2. The van der Waals surface area contributed by atoms with Gasteiger partial charge in [0.15, 0.2) is 0 Å². The Bertz CT molecular complexity index is 527. The maximum absolute atomic E-state index is 10.0. The first-order valence-corrected chi connectivity index (χ1v) is 7.28. The first-order valence-electron chi connectivity index (χ1n) is 6.46. The van der Waals surface area contributed by atoms with Crippen molar-refractivity contribution in [2.45, 2.75) is 36.5 Å². The van der Waals surface area contributed by atoms with Crippen LogP contribution in [0.2, 0.25) is 0 Å². The summed E-state index contributed by atoms with van der Waals surface area (Å²) in [6.45, 7) is 4.12. The number of phenols is 2. The zero-order valence-corrected chi connectivity index (χ0v) is 12.0. The van der Waals surface area contributed by atoms with Gasteiger partial charge in [-0.1, -0.05) is 49.9 Å². The first-order chi connectivity index (χ1) is 9.17. The Morgan fingerprint density at radius 2 is 1.21 bits per heavy atom.